The van der Waals surface area contributed by atoms with Gasteiger partial charge >= 0.3 is 0 Å². The fraction of sp³-hybridized carbons (Fsp3) is 0.619. The molecule has 1 saturated carbocycles. The first kappa shape index (κ1) is 24.7. The van der Waals surface area contributed by atoms with Gasteiger partial charge < -0.3 is 20.7 Å². The summed E-state index contributed by atoms with van der Waals surface area (Å²) in [4.78, 5) is 16.6. The maximum absolute atomic E-state index is 11.8. The summed E-state index contributed by atoms with van der Waals surface area (Å²) in [6.45, 7) is 5.34. The maximum Gasteiger partial charge on any atom is 0.251 e. The number of methoxy groups -OCH3 is 1. The predicted molar refractivity (Wildman–Crippen MR) is 126 cm³/mol. The Morgan fingerprint density at radius 3 is 2.68 bits per heavy atom. The molecule has 0 unspecified atom stereocenters. The molecular formula is C21H35IN4O2. The Hall–Kier alpha value is -1.35. The van der Waals surface area contributed by atoms with E-state index in [4.69, 9.17) is 9.73 Å². The number of nitrogens with one attached hydrogen (secondary N) is 3. The molecule has 1 amide bonds. The van der Waals surface area contributed by atoms with Crippen molar-refractivity contribution in [3.05, 3.63) is 35.4 Å². The fourth-order valence-electron chi connectivity index (χ4n) is 3.41. The van der Waals surface area contributed by atoms with Crippen molar-refractivity contribution in [3.63, 3.8) is 0 Å². The summed E-state index contributed by atoms with van der Waals surface area (Å²) in [6.07, 6.45) is 5.70. The Kier molecular flexibility index (Phi) is 11.4. The van der Waals surface area contributed by atoms with Crippen LogP contribution in [0.4, 0.5) is 0 Å². The molecule has 6 nitrogen and oxygen atoms in total. The molecule has 0 radical (unpaired) electrons. The molecule has 1 aliphatic rings. The van der Waals surface area contributed by atoms with Gasteiger partial charge in [0.15, 0.2) is 5.96 Å². The number of guanidine groups is 1. The van der Waals surface area contributed by atoms with Crippen LogP contribution in [0.25, 0.3) is 0 Å². The van der Waals surface area contributed by atoms with E-state index in [0.29, 0.717) is 11.0 Å². The highest BCUT2D eigenvalue weighted by atomic mass is 127. The lowest BCUT2D eigenvalue weighted by molar-refractivity contribution is 0.0778. The number of hydrogen-bond donors (Lipinski definition) is 3. The van der Waals surface area contributed by atoms with Crippen molar-refractivity contribution in [1.29, 1.82) is 0 Å². The molecule has 1 aromatic rings. The smallest absolute Gasteiger partial charge is 0.251 e. The predicted octanol–water partition coefficient (Wildman–Crippen LogP) is 2.97. The highest BCUT2D eigenvalue weighted by Crippen LogP contribution is 2.44. The topological polar surface area (TPSA) is 74.8 Å². The molecule has 7 heteroatoms. The molecule has 1 fully saturated rings. The summed E-state index contributed by atoms with van der Waals surface area (Å²) in [5, 5.41) is 9.41. The van der Waals surface area contributed by atoms with E-state index in [-0.39, 0.29) is 29.9 Å². The van der Waals surface area contributed by atoms with Gasteiger partial charge in [-0.1, -0.05) is 18.6 Å². The van der Waals surface area contributed by atoms with Gasteiger partial charge in [-0.05, 0) is 55.7 Å². The number of halogens is 1. The zero-order valence-electron chi connectivity index (χ0n) is 17.3. The number of nitrogens with zero attached hydrogens (tertiary/aromatic N) is 1. The van der Waals surface area contributed by atoms with E-state index >= 15 is 0 Å². The van der Waals surface area contributed by atoms with E-state index in [2.05, 4.69) is 22.9 Å². The highest BCUT2D eigenvalue weighted by molar-refractivity contribution is 14.0. The Morgan fingerprint density at radius 2 is 2.07 bits per heavy atom. The van der Waals surface area contributed by atoms with Crippen LogP contribution in [-0.4, -0.2) is 52.3 Å². The third-order valence-corrected chi connectivity index (χ3v) is 5.29. The van der Waals surface area contributed by atoms with Gasteiger partial charge in [-0.2, -0.15) is 0 Å². The Labute approximate surface area is 186 Å². The Bertz CT molecular complexity index is 633. The van der Waals surface area contributed by atoms with Gasteiger partial charge in [0.1, 0.15) is 0 Å². The van der Waals surface area contributed by atoms with Gasteiger partial charge in [0, 0.05) is 46.0 Å². The summed E-state index contributed by atoms with van der Waals surface area (Å²) in [6, 6.07) is 7.75. The molecule has 0 heterocycles. The van der Waals surface area contributed by atoms with E-state index < -0.39 is 0 Å². The molecule has 1 aromatic carbocycles. The quantitative estimate of drug-likeness (QED) is 0.261. The molecule has 0 aromatic heterocycles. The summed E-state index contributed by atoms with van der Waals surface area (Å²) in [5.41, 5.74) is 2.15. The maximum atomic E-state index is 11.8. The minimum Gasteiger partial charge on any atom is -0.385 e. The summed E-state index contributed by atoms with van der Waals surface area (Å²) >= 11 is 0. The van der Waals surface area contributed by atoms with Crippen molar-refractivity contribution in [1.82, 2.24) is 16.0 Å². The lowest BCUT2D eigenvalue weighted by atomic mass is 9.67. The van der Waals surface area contributed by atoms with Crippen molar-refractivity contribution in [2.75, 3.05) is 40.4 Å². The minimum absolute atomic E-state index is 0. The number of amides is 1. The van der Waals surface area contributed by atoms with Gasteiger partial charge in [0.2, 0.25) is 0 Å². The molecule has 1 aliphatic carbocycles. The second-order valence-electron chi connectivity index (χ2n) is 7.25. The number of benzene rings is 1. The van der Waals surface area contributed by atoms with Crippen LogP contribution in [0.3, 0.4) is 0 Å². The molecule has 28 heavy (non-hydrogen) atoms. The van der Waals surface area contributed by atoms with Gasteiger partial charge in [0.25, 0.3) is 5.91 Å². The van der Waals surface area contributed by atoms with Gasteiger partial charge in [-0.25, -0.2) is 0 Å². The molecule has 3 N–H and O–H groups in total. The van der Waals surface area contributed by atoms with Gasteiger partial charge in [-0.15, -0.1) is 24.0 Å². The van der Waals surface area contributed by atoms with Crippen molar-refractivity contribution in [2.45, 2.75) is 39.0 Å². The van der Waals surface area contributed by atoms with E-state index in [1.165, 1.54) is 19.3 Å². The minimum atomic E-state index is -0.0541. The normalized spacial score (nSPS) is 15.2. The second kappa shape index (κ2) is 13.0. The zero-order chi connectivity index (χ0) is 19.5. The Balaban J connectivity index is 0.00000392. The number of carbonyl (C=O) groups is 1. The SMILES string of the molecule is CCNC(=NCC1(CCOC)CCC1)NCCc1cccc(C(=O)NC)c1.I. The zero-order valence-corrected chi connectivity index (χ0v) is 19.7. The first-order valence-corrected chi connectivity index (χ1v) is 9.94. The standard InChI is InChI=1S/C21H34N4O2.HI/c1-4-23-20(25-16-21(10-6-11-21)12-14-27-3)24-13-9-17-7-5-8-18(15-17)19(26)22-2;/h5,7-8,15H,4,6,9-14,16H2,1-3H3,(H,22,26)(H2,23,24,25);1H. The van der Waals surface area contributed by atoms with Crippen LogP contribution >= 0.6 is 24.0 Å². The molecule has 0 spiro atoms. The average molecular weight is 502 g/mol. The van der Waals surface area contributed by atoms with Crippen molar-refractivity contribution in [2.24, 2.45) is 10.4 Å². The van der Waals surface area contributed by atoms with E-state index in [0.717, 1.165) is 50.6 Å². The number of ether oxygens (including phenoxy) is 1. The van der Waals surface area contributed by atoms with Crippen molar-refractivity contribution >= 4 is 35.8 Å². The number of carbonyl (C=O) groups excluding carboxylic acids is 1. The molecule has 0 aliphatic heterocycles. The summed E-state index contributed by atoms with van der Waals surface area (Å²) in [7, 11) is 3.41. The van der Waals surface area contributed by atoms with Gasteiger partial charge in [-0.3, -0.25) is 9.79 Å². The lowest BCUT2D eigenvalue weighted by Gasteiger charge is -2.40. The van der Waals surface area contributed by atoms with Gasteiger partial charge in [0.05, 0.1) is 0 Å². The summed E-state index contributed by atoms with van der Waals surface area (Å²) in [5.74, 6) is 0.810. The third kappa shape index (κ3) is 7.58. The van der Waals surface area contributed by atoms with Crippen LogP contribution in [0, 0.1) is 5.41 Å². The molecular weight excluding hydrogens is 467 g/mol. The first-order chi connectivity index (χ1) is 13.1. The average Bonchev–Trinajstić information content (AvgIpc) is 2.66. The van der Waals surface area contributed by atoms with Crippen molar-refractivity contribution in [3.8, 4) is 0 Å². The van der Waals surface area contributed by atoms with E-state index in [9.17, 15) is 4.79 Å². The van der Waals surface area contributed by atoms with E-state index in [1.54, 1.807) is 14.2 Å². The largest absolute Gasteiger partial charge is 0.385 e. The second-order valence-corrected chi connectivity index (χ2v) is 7.25. The van der Waals surface area contributed by atoms with Crippen LogP contribution in [0.15, 0.2) is 29.3 Å². The molecule has 2 rings (SSSR count). The van der Waals surface area contributed by atoms with Crippen molar-refractivity contribution < 1.29 is 9.53 Å². The number of rotatable bonds is 10. The van der Waals surface area contributed by atoms with Crippen LogP contribution in [-0.2, 0) is 11.2 Å². The molecule has 0 saturated heterocycles. The molecule has 158 valence electrons. The van der Waals surface area contributed by atoms with Crippen LogP contribution in [0.2, 0.25) is 0 Å². The van der Waals surface area contributed by atoms with Crippen LogP contribution < -0.4 is 16.0 Å². The number of hydrogen-bond acceptors (Lipinski definition) is 3. The van der Waals surface area contributed by atoms with Crippen LogP contribution in [0.1, 0.15) is 48.5 Å². The lowest BCUT2D eigenvalue weighted by Crippen LogP contribution is -2.41. The van der Waals surface area contributed by atoms with Crippen LogP contribution in [0.5, 0.6) is 0 Å². The fourth-order valence-corrected chi connectivity index (χ4v) is 3.41. The number of aliphatic imine (C=N–C) groups is 1. The summed E-state index contributed by atoms with van der Waals surface area (Å²) < 4.78 is 5.27. The third-order valence-electron chi connectivity index (χ3n) is 5.29. The molecule has 0 atom stereocenters. The van der Waals surface area contributed by atoms with E-state index in [1.807, 2.05) is 24.3 Å². The molecule has 0 bridgehead atoms. The Morgan fingerprint density at radius 1 is 1.29 bits per heavy atom. The monoisotopic (exact) mass is 502 g/mol. The first-order valence-electron chi connectivity index (χ1n) is 9.94. The highest BCUT2D eigenvalue weighted by Gasteiger charge is 2.36.